The molecule has 1 fully saturated rings. The van der Waals surface area contributed by atoms with Crippen LogP contribution >= 0.6 is 11.6 Å². The van der Waals surface area contributed by atoms with Crippen molar-refractivity contribution < 1.29 is 17.9 Å². The summed E-state index contributed by atoms with van der Waals surface area (Å²) in [5.41, 5.74) is 1.63. The van der Waals surface area contributed by atoms with Crippen molar-refractivity contribution in [1.29, 1.82) is 0 Å². The van der Waals surface area contributed by atoms with Gasteiger partial charge in [0.05, 0.1) is 7.11 Å². The molecule has 26 heavy (non-hydrogen) atoms. The molecule has 0 spiro atoms. The van der Waals surface area contributed by atoms with Crippen LogP contribution in [0.25, 0.3) is 0 Å². The van der Waals surface area contributed by atoms with Crippen molar-refractivity contribution >= 4 is 33.2 Å². The smallest absolute Gasteiger partial charge is 0.255 e. The first kappa shape index (κ1) is 18.7. The number of hydrogen-bond acceptors (Lipinski definition) is 4. The highest BCUT2D eigenvalue weighted by molar-refractivity contribution is 7.89. The van der Waals surface area contributed by atoms with Crippen molar-refractivity contribution in [3.05, 3.63) is 52.5 Å². The van der Waals surface area contributed by atoms with E-state index in [0.29, 0.717) is 10.7 Å². The number of benzene rings is 2. The maximum Gasteiger partial charge on any atom is 0.255 e. The number of carbonyl (C=O) groups excluding carboxylic acids is 1. The fraction of sp³-hybridized carbons (Fsp3) is 0.278. The molecule has 8 heteroatoms. The fourth-order valence-corrected chi connectivity index (χ4v) is 4.07. The van der Waals surface area contributed by atoms with E-state index in [0.717, 1.165) is 18.4 Å². The van der Waals surface area contributed by atoms with Gasteiger partial charge in [0, 0.05) is 22.3 Å². The van der Waals surface area contributed by atoms with Crippen LogP contribution in [0.15, 0.2) is 41.3 Å². The minimum absolute atomic E-state index is 0.0445. The van der Waals surface area contributed by atoms with Gasteiger partial charge < -0.3 is 10.1 Å². The van der Waals surface area contributed by atoms with Crippen LogP contribution in [0.1, 0.15) is 28.8 Å². The molecule has 0 aromatic heterocycles. The molecule has 1 amide bonds. The molecule has 1 saturated carbocycles. The van der Waals surface area contributed by atoms with Crippen molar-refractivity contribution in [2.24, 2.45) is 0 Å². The number of ether oxygens (including phenoxy) is 1. The highest BCUT2D eigenvalue weighted by Gasteiger charge is 2.30. The summed E-state index contributed by atoms with van der Waals surface area (Å²) < 4.78 is 32.8. The number of hydrogen-bond donors (Lipinski definition) is 2. The second kappa shape index (κ2) is 7.26. The van der Waals surface area contributed by atoms with E-state index >= 15 is 0 Å². The molecule has 138 valence electrons. The van der Waals surface area contributed by atoms with Gasteiger partial charge in [-0.2, -0.15) is 0 Å². The van der Waals surface area contributed by atoms with Gasteiger partial charge in [-0.3, -0.25) is 4.79 Å². The summed E-state index contributed by atoms with van der Waals surface area (Å²) in [4.78, 5) is 12.5. The average molecular weight is 395 g/mol. The lowest BCUT2D eigenvalue weighted by Gasteiger charge is -2.12. The fourth-order valence-electron chi connectivity index (χ4n) is 2.39. The predicted octanol–water partition coefficient (Wildman–Crippen LogP) is 3.35. The van der Waals surface area contributed by atoms with Crippen molar-refractivity contribution in [3.63, 3.8) is 0 Å². The summed E-state index contributed by atoms with van der Waals surface area (Å²) in [6, 6.07) is 9.42. The van der Waals surface area contributed by atoms with Crippen molar-refractivity contribution in [2.45, 2.75) is 30.7 Å². The summed E-state index contributed by atoms with van der Waals surface area (Å²) in [5.74, 6) is -0.247. The molecule has 0 radical (unpaired) electrons. The Labute approximate surface area is 157 Å². The number of halogens is 1. The molecule has 6 nitrogen and oxygen atoms in total. The summed E-state index contributed by atoms with van der Waals surface area (Å²) in [6.45, 7) is 1.86. The minimum atomic E-state index is -3.76. The van der Waals surface area contributed by atoms with Crippen LogP contribution in [0.4, 0.5) is 5.69 Å². The van der Waals surface area contributed by atoms with E-state index < -0.39 is 15.9 Å². The number of amides is 1. The van der Waals surface area contributed by atoms with Gasteiger partial charge in [-0.05, 0) is 55.7 Å². The zero-order chi connectivity index (χ0) is 18.9. The van der Waals surface area contributed by atoms with E-state index in [1.807, 2.05) is 6.92 Å². The van der Waals surface area contributed by atoms with Crippen LogP contribution < -0.4 is 14.8 Å². The quantitative estimate of drug-likeness (QED) is 0.786. The number of sulfonamides is 1. The molecule has 0 saturated heterocycles. The van der Waals surface area contributed by atoms with E-state index in [1.54, 1.807) is 18.2 Å². The normalized spacial score (nSPS) is 14.1. The molecular formula is C18H19ClN2O4S. The number of carbonyl (C=O) groups is 1. The lowest BCUT2D eigenvalue weighted by molar-refractivity contribution is 0.102. The average Bonchev–Trinajstić information content (AvgIpc) is 3.40. The lowest BCUT2D eigenvalue weighted by Crippen LogP contribution is -2.26. The van der Waals surface area contributed by atoms with Crippen molar-refractivity contribution in [3.8, 4) is 5.75 Å². The molecule has 2 N–H and O–H groups in total. The predicted molar refractivity (Wildman–Crippen MR) is 100 cm³/mol. The lowest BCUT2D eigenvalue weighted by atomic mass is 10.2. The van der Waals surface area contributed by atoms with E-state index in [2.05, 4.69) is 10.0 Å². The number of rotatable bonds is 6. The van der Waals surface area contributed by atoms with Crippen LogP contribution in [0, 0.1) is 6.92 Å². The maximum absolute atomic E-state index is 12.5. The second-order valence-electron chi connectivity index (χ2n) is 6.18. The monoisotopic (exact) mass is 394 g/mol. The van der Waals surface area contributed by atoms with Gasteiger partial charge in [0.25, 0.3) is 5.91 Å². The molecule has 0 unspecified atom stereocenters. The Bertz CT molecular complexity index is 956. The molecule has 1 aliphatic carbocycles. The third kappa shape index (κ3) is 4.17. The topological polar surface area (TPSA) is 84.5 Å². The van der Waals surface area contributed by atoms with Crippen LogP contribution in [-0.2, 0) is 10.0 Å². The molecule has 0 atom stereocenters. The van der Waals surface area contributed by atoms with Gasteiger partial charge in [0.2, 0.25) is 10.0 Å². The number of methoxy groups -OCH3 is 1. The van der Waals surface area contributed by atoms with Crippen LogP contribution in [0.3, 0.4) is 0 Å². The number of nitrogens with one attached hydrogen (secondary N) is 2. The summed E-state index contributed by atoms with van der Waals surface area (Å²) in [6.07, 6.45) is 1.63. The molecule has 2 aromatic carbocycles. The number of aryl methyl sites for hydroxylation is 1. The van der Waals surface area contributed by atoms with E-state index in [9.17, 15) is 13.2 Å². The van der Waals surface area contributed by atoms with Gasteiger partial charge >= 0.3 is 0 Å². The maximum atomic E-state index is 12.5. The van der Waals surface area contributed by atoms with E-state index in [-0.39, 0.29) is 22.3 Å². The Hall–Kier alpha value is -2.09. The molecule has 3 rings (SSSR count). The largest absolute Gasteiger partial charge is 0.495 e. The van der Waals surface area contributed by atoms with Gasteiger partial charge in [0.15, 0.2) is 0 Å². The van der Waals surface area contributed by atoms with Gasteiger partial charge in [-0.1, -0.05) is 17.7 Å². The molecular weight excluding hydrogens is 376 g/mol. The molecule has 0 heterocycles. The van der Waals surface area contributed by atoms with Crippen molar-refractivity contribution in [1.82, 2.24) is 4.72 Å². The Morgan fingerprint density at radius 2 is 1.92 bits per heavy atom. The Balaban J connectivity index is 1.88. The zero-order valence-electron chi connectivity index (χ0n) is 14.4. The van der Waals surface area contributed by atoms with Gasteiger partial charge in [0.1, 0.15) is 10.6 Å². The Morgan fingerprint density at radius 3 is 2.54 bits per heavy atom. The van der Waals surface area contributed by atoms with E-state index in [1.165, 1.54) is 25.3 Å². The molecule has 0 aliphatic heterocycles. The molecule has 1 aliphatic rings. The van der Waals surface area contributed by atoms with Crippen LogP contribution in [0.2, 0.25) is 5.02 Å². The third-order valence-corrected chi connectivity index (χ3v) is 5.99. The van der Waals surface area contributed by atoms with Crippen LogP contribution in [-0.4, -0.2) is 27.5 Å². The minimum Gasteiger partial charge on any atom is -0.495 e. The van der Waals surface area contributed by atoms with E-state index in [4.69, 9.17) is 16.3 Å². The zero-order valence-corrected chi connectivity index (χ0v) is 15.9. The standard InChI is InChI=1S/C18H19ClN2O4S/c1-11-3-5-14(10-15(11)19)20-18(22)12-4-8-16(25-2)17(9-12)26(23,24)21-13-6-7-13/h3-5,8-10,13,21H,6-7H2,1-2H3,(H,20,22). The molecule has 0 bridgehead atoms. The SMILES string of the molecule is COc1ccc(C(=O)Nc2ccc(C)c(Cl)c2)cc1S(=O)(=O)NC1CC1. The highest BCUT2D eigenvalue weighted by atomic mass is 35.5. The summed E-state index contributed by atoms with van der Waals surface area (Å²) in [5, 5.41) is 3.25. The van der Waals surface area contributed by atoms with Crippen LogP contribution in [0.5, 0.6) is 5.75 Å². The number of anilines is 1. The van der Waals surface area contributed by atoms with Crippen molar-refractivity contribution in [2.75, 3.05) is 12.4 Å². The first-order valence-electron chi connectivity index (χ1n) is 8.08. The summed E-state index contributed by atoms with van der Waals surface area (Å²) >= 11 is 6.07. The first-order valence-corrected chi connectivity index (χ1v) is 9.94. The summed E-state index contributed by atoms with van der Waals surface area (Å²) in [7, 11) is -2.37. The third-order valence-electron chi connectivity index (χ3n) is 4.04. The highest BCUT2D eigenvalue weighted by Crippen LogP contribution is 2.29. The molecule has 2 aromatic rings. The van der Waals surface area contributed by atoms with Gasteiger partial charge in [-0.25, -0.2) is 13.1 Å². The Morgan fingerprint density at radius 1 is 1.19 bits per heavy atom. The Kier molecular flexibility index (Phi) is 5.22. The van der Waals surface area contributed by atoms with Gasteiger partial charge in [-0.15, -0.1) is 0 Å². The second-order valence-corrected chi connectivity index (χ2v) is 8.27. The first-order chi connectivity index (χ1) is 12.3.